The quantitative estimate of drug-likeness (QED) is 0.0273. The van der Waals surface area contributed by atoms with E-state index in [0.29, 0.717) is 6.42 Å². The number of hydrogen-bond donors (Lipinski definition) is 4. The number of carbonyl (C=O) groups is 1. The minimum absolute atomic E-state index is 0.0723. The minimum Gasteiger partial charge on any atom is -0.387 e. The SMILES string of the molecule is CCCCCCC/C=C\C/C=C\CCCCCCCCCCCC(=O)NC(COP(=O)(O)OCCN)C(O)/C=C/CC/C=C/CCCCCCCCCCCCCC. The highest BCUT2D eigenvalue weighted by atomic mass is 31.2. The van der Waals surface area contributed by atoms with Crippen molar-refractivity contribution in [2.24, 2.45) is 5.73 Å². The van der Waals surface area contributed by atoms with Crippen LogP contribution in [0.2, 0.25) is 0 Å². The predicted octanol–water partition coefficient (Wildman–Crippen LogP) is 14.1. The molecule has 340 valence electrons. The van der Waals surface area contributed by atoms with E-state index < -0.39 is 20.0 Å². The van der Waals surface area contributed by atoms with E-state index in [1.54, 1.807) is 6.08 Å². The number of nitrogens with one attached hydrogen (secondary N) is 1. The molecule has 0 aliphatic rings. The first-order valence-electron chi connectivity index (χ1n) is 24.3. The molecule has 0 aliphatic heterocycles. The smallest absolute Gasteiger partial charge is 0.387 e. The van der Waals surface area contributed by atoms with Crippen LogP contribution in [0.1, 0.15) is 226 Å². The lowest BCUT2D eigenvalue weighted by atomic mass is 10.0. The summed E-state index contributed by atoms with van der Waals surface area (Å²) in [6, 6.07) is -0.880. The Labute approximate surface area is 358 Å². The van der Waals surface area contributed by atoms with Crippen LogP contribution in [-0.2, 0) is 18.4 Å². The van der Waals surface area contributed by atoms with Crippen LogP contribution in [0.4, 0.5) is 0 Å². The second-order valence-electron chi connectivity index (χ2n) is 16.3. The van der Waals surface area contributed by atoms with Gasteiger partial charge in [-0.15, -0.1) is 0 Å². The lowest BCUT2D eigenvalue weighted by Gasteiger charge is -2.23. The maximum Gasteiger partial charge on any atom is 0.472 e. The molecule has 9 heteroatoms. The van der Waals surface area contributed by atoms with E-state index in [-0.39, 0.29) is 25.7 Å². The Hall–Kier alpha value is -1.54. The monoisotopic (exact) mass is 837 g/mol. The fourth-order valence-electron chi connectivity index (χ4n) is 6.94. The van der Waals surface area contributed by atoms with E-state index in [4.69, 9.17) is 14.8 Å². The molecule has 0 aliphatic carbocycles. The Bertz CT molecular complexity index is 1050. The molecular weight excluding hydrogens is 744 g/mol. The number of aliphatic hydroxyl groups excluding tert-OH is 1. The van der Waals surface area contributed by atoms with Crippen LogP contribution in [0.15, 0.2) is 48.6 Å². The van der Waals surface area contributed by atoms with Gasteiger partial charge in [-0.05, 0) is 64.2 Å². The molecule has 0 rings (SSSR count). The zero-order valence-electron chi connectivity index (χ0n) is 37.8. The van der Waals surface area contributed by atoms with Crippen LogP contribution < -0.4 is 11.1 Å². The van der Waals surface area contributed by atoms with Crippen molar-refractivity contribution in [3.05, 3.63) is 48.6 Å². The van der Waals surface area contributed by atoms with Crippen molar-refractivity contribution in [2.45, 2.75) is 238 Å². The van der Waals surface area contributed by atoms with Crippen LogP contribution in [0, 0.1) is 0 Å². The van der Waals surface area contributed by atoms with E-state index in [1.165, 1.54) is 161 Å². The molecule has 0 heterocycles. The summed E-state index contributed by atoms with van der Waals surface area (Å²) in [5.74, 6) is -0.208. The third-order valence-corrected chi connectivity index (χ3v) is 11.6. The van der Waals surface area contributed by atoms with Gasteiger partial charge in [0.25, 0.3) is 0 Å². The second-order valence-corrected chi connectivity index (χ2v) is 17.8. The molecule has 3 atom stereocenters. The molecule has 5 N–H and O–H groups in total. The minimum atomic E-state index is -4.35. The van der Waals surface area contributed by atoms with Crippen molar-refractivity contribution >= 4 is 13.7 Å². The average molecular weight is 837 g/mol. The van der Waals surface area contributed by atoms with Crippen molar-refractivity contribution < 1.29 is 28.4 Å². The topological polar surface area (TPSA) is 131 Å². The van der Waals surface area contributed by atoms with Gasteiger partial charge in [-0.1, -0.05) is 204 Å². The van der Waals surface area contributed by atoms with Gasteiger partial charge in [0.05, 0.1) is 25.4 Å². The van der Waals surface area contributed by atoms with Crippen molar-refractivity contribution in [2.75, 3.05) is 19.8 Å². The fourth-order valence-corrected chi connectivity index (χ4v) is 7.70. The highest BCUT2D eigenvalue weighted by molar-refractivity contribution is 7.47. The van der Waals surface area contributed by atoms with Gasteiger partial charge in [-0.25, -0.2) is 4.57 Å². The summed E-state index contributed by atoms with van der Waals surface area (Å²) in [6.45, 7) is 4.11. The van der Waals surface area contributed by atoms with Crippen molar-refractivity contribution in [1.29, 1.82) is 0 Å². The molecule has 58 heavy (non-hydrogen) atoms. The van der Waals surface area contributed by atoms with Gasteiger partial charge in [0.15, 0.2) is 0 Å². The summed E-state index contributed by atoms with van der Waals surface area (Å²) in [5.41, 5.74) is 5.38. The lowest BCUT2D eigenvalue weighted by Crippen LogP contribution is -2.45. The molecular formula is C49H93N2O6P. The number of rotatable bonds is 45. The van der Waals surface area contributed by atoms with Gasteiger partial charge in [0.2, 0.25) is 5.91 Å². The summed E-state index contributed by atoms with van der Waals surface area (Å²) in [7, 11) is -4.35. The average Bonchev–Trinajstić information content (AvgIpc) is 3.21. The zero-order chi connectivity index (χ0) is 42.5. The van der Waals surface area contributed by atoms with Crippen molar-refractivity contribution in [3.63, 3.8) is 0 Å². The van der Waals surface area contributed by atoms with Gasteiger partial charge in [0.1, 0.15) is 0 Å². The largest absolute Gasteiger partial charge is 0.472 e. The number of amides is 1. The van der Waals surface area contributed by atoms with Gasteiger partial charge >= 0.3 is 7.82 Å². The summed E-state index contributed by atoms with van der Waals surface area (Å²) in [6.07, 6.45) is 56.0. The molecule has 0 aromatic carbocycles. The Morgan fingerprint density at radius 1 is 0.569 bits per heavy atom. The fraction of sp³-hybridized carbons (Fsp3) is 0.816. The van der Waals surface area contributed by atoms with Gasteiger partial charge < -0.3 is 21.1 Å². The Morgan fingerprint density at radius 3 is 1.43 bits per heavy atom. The molecule has 0 radical (unpaired) electrons. The third-order valence-electron chi connectivity index (χ3n) is 10.6. The highest BCUT2D eigenvalue weighted by Gasteiger charge is 2.26. The number of allylic oxidation sites excluding steroid dienone is 7. The van der Waals surface area contributed by atoms with E-state index in [1.807, 2.05) is 6.08 Å². The van der Waals surface area contributed by atoms with E-state index >= 15 is 0 Å². The predicted molar refractivity (Wildman–Crippen MR) is 249 cm³/mol. The first kappa shape index (κ1) is 56.5. The number of phosphoric ester groups is 1. The molecule has 0 spiro atoms. The number of phosphoric acid groups is 1. The Morgan fingerprint density at radius 2 is 0.966 bits per heavy atom. The Balaban J connectivity index is 4.19. The normalized spacial score (nSPS) is 14.4. The Kier molecular flexibility index (Phi) is 43.8. The molecule has 1 amide bonds. The molecule has 0 fully saturated rings. The molecule has 0 saturated heterocycles. The zero-order valence-corrected chi connectivity index (χ0v) is 38.7. The van der Waals surface area contributed by atoms with Gasteiger partial charge in [-0.2, -0.15) is 0 Å². The maximum absolute atomic E-state index is 12.8. The van der Waals surface area contributed by atoms with Gasteiger partial charge in [-0.3, -0.25) is 13.8 Å². The maximum atomic E-state index is 12.8. The molecule has 0 aromatic heterocycles. The van der Waals surface area contributed by atoms with Gasteiger partial charge in [0, 0.05) is 13.0 Å². The van der Waals surface area contributed by atoms with Crippen LogP contribution in [0.25, 0.3) is 0 Å². The lowest BCUT2D eigenvalue weighted by molar-refractivity contribution is -0.123. The summed E-state index contributed by atoms with van der Waals surface area (Å²) in [4.78, 5) is 22.8. The van der Waals surface area contributed by atoms with Crippen LogP contribution in [0.5, 0.6) is 0 Å². The first-order valence-corrected chi connectivity index (χ1v) is 25.8. The summed E-state index contributed by atoms with van der Waals surface area (Å²) >= 11 is 0. The van der Waals surface area contributed by atoms with Crippen molar-refractivity contribution in [1.82, 2.24) is 5.32 Å². The van der Waals surface area contributed by atoms with E-state index in [0.717, 1.165) is 44.9 Å². The number of carbonyl (C=O) groups excluding carboxylic acids is 1. The van der Waals surface area contributed by atoms with Crippen LogP contribution in [0.3, 0.4) is 0 Å². The standard InChI is InChI=1S/C49H93N2O6P/c1-3-5-7-9-11-13-15-17-19-21-23-24-25-27-29-31-33-35-37-39-41-43-49(53)51-47(46-57-58(54,55)56-45-44-50)48(52)42-40-38-36-34-32-30-28-26-22-20-18-16-14-12-10-8-6-4-2/h15,17,21,23,32,34,40,42,47-48,52H,3-14,16,18-20,22,24-31,33,35-39,41,43-46,50H2,1-2H3,(H,51,53)(H,54,55)/b17-15-,23-21-,34-32+,42-40+. The number of hydrogen-bond acceptors (Lipinski definition) is 6. The van der Waals surface area contributed by atoms with E-state index in [9.17, 15) is 19.4 Å². The van der Waals surface area contributed by atoms with Crippen molar-refractivity contribution in [3.8, 4) is 0 Å². The summed E-state index contributed by atoms with van der Waals surface area (Å²) < 4.78 is 22.2. The second kappa shape index (κ2) is 45.0. The number of aliphatic hydroxyl groups is 1. The number of unbranched alkanes of at least 4 members (excludes halogenated alkanes) is 27. The molecule has 0 aromatic rings. The van der Waals surface area contributed by atoms with E-state index in [2.05, 4.69) is 55.6 Å². The molecule has 3 unspecified atom stereocenters. The van der Waals surface area contributed by atoms with Crippen LogP contribution >= 0.6 is 7.82 Å². The number of nitrogens with two attached hydrogens (primary N) is 1. The first-order chi connectivity index (χ1) is 28.4. The highest BCUT2D eigenvalue weighted by Crippen LogP contribution is 2.43. The molecule has 8 nitrogen and oxygen atoms in total. The van der Waals surface area contributed by atoms with Crippen LogP contribution in [-0.4, -0.2) is 47.8 Å². The molecule has 0 bridgehead atoms. The third kappa shape index (κ3) is 42.6. The summed E-state index contributed by atoms with van der Waals surface area (Å²) in [5, 5.41) is 13.7. The molecule has 0 saturated carbocycles.